The molecule has 3 rings (SSSR count). The second kappa shape index (κ2) is 9.08. The van der Waals surface area contributed by atoms with Crippen LogP contribution in [-0.4, -0.2) is 53.7 Å². The molecule has 0 N–H and O–H groups in total. The van der Waals surface area contributed by atoms with Crippen molar-refractivity contribution in [2.75, 3.05) is 20.2 Å². The summed E-state index contributed by atoms with van der Waals surface area (Å²) in [6.07, 6.45) is -11.0. The Balaban J connectivity index is 1.79. The first-order valence-corrected chi connectivity index (χ1v) is 10.5. The zero-order valence-electron chi connectivity index (χ0n) is 19.0. The van der Waals surface area contributed by atoms with Gasteiger partial charge in [0.1, 0.15) is 16.9 Å². The van der Waals surface area contributed by atoms with Crippen LogP contribution in [0.3, 0.4) is 0 Å². The number of halogens is 6. The molecule has 35 heavy (non-hydrogen) atoms. The quantitative estimate of drug-likeness (QED) is 0.234. The molecule has 13 heteroatoms. The maximum absolute atomic E-state index is 13.3. The third-order valence-electron chi connectivity index (χ3n) is 5.81. The molecule has 1 fully saturated rings. The lowest BCUT2D eigenvalue weighted by Gasteiger charge is -2.22. The standard InChI is InChI=1S/C22H22F6N2O5/c1-20(2)18(32)30(19(33)29(20)3)8-4-5-9-34-15-7-6-12-14(22(26,27)28)10-16(31)35-17(12)13(15)11-21(23,24)25/h6-7,10H,4-5,8-9,11H2,1-3H3. The van der Waals surface area contributed by atoms with E-state index in [0.717, 1.165) is 17.0 Å². The molecule has 1 aromatic heterocycles. The minimum atomic E-state index is -4.99. The van der Waals surface area contributed by atoms with Crippen molar-refractivity contribution < 1.29 is 45.1 Å². The van der Waals surface area contributed by atoms with Crippen LogP contribution in [0, 0.1) is 0 Å². The van der Waals surface area contributed by atoms with Crippen LogP contribution in [0.4, 0.5) is 31.1 Å². The predicted molar refractivity (Wildman–Crippen MR) is 111 cm³/mol. The molecule has 2 heterocycles. The SMILES string of the molecule is CN1C(=O)N(CCCCOc2ccc3c(C(F)(F)F)cc(=O)oc3c2CC(F)(F)F)C(=O)C1(C)C. The van der Waals surface area contributed by atoms with Gasteiger partial charge >= 0.3 is 24.0 Å². The minimum absolute atomic E-state index is 0.0613. The van der Waals surface area contributed by atoms with Crippen molar-refractivity contribution in [3.8, 4) is 5.75 Å². The van der Waals surface area contributed by atoms with Crippen molar-refractivity contribution in [3.63, 3.8) is 0 Å². The predicted octanol–water partition coefficient (Wildman–Crippen LogP) is 4.75. The number of nitrogens with zero attached hydrogens (tertiary/aromatic N) is 2. The smallest absolute Gasteiger partial charge is 0.417 e. The number of alkyl halides is 6. The number of benzene rings is 1. The molecule has 0 unspecified atom stereocenters. The van der Waals surface area contributed by atoms with Gasteiger partial charge in [-0.25, -0.2) is 9.59 Å². The Labute approximate surface area is 195 Å². The van der Waals surface area contributed by atoms with Gasteiger partial charge in [-0.2, -0.15) is 26.3 Å². The van der Waals surface area contributed by atoms with Gasteiger partial charge in [0.05, 0.1) is 18.6 Å². The molecule has 2 aromatic rings. The van der Waals surface area contributed by atoms with Gasteiger partial charge < -0.3 is 14.1 Å². The van der Waals surface area contributed by atoms with Crippen LogP contribution in [0.1, 0.15) is 37.8 Å². The Morgan fingerprint density at radius 1 is 1.03 bits per heavy atom. The Morgan fingerprint density at radius 2 is 1.69 bits per heavy atom. The van der Waals surface area contributed by atoms with E-state index in [0.29, 0.717) is 0 Å². The zero-order valence-corrected chi connectivity index (χ0v) is 19.0. The Kier molecular flexibility index (Phi) is 6.84. The van der Waals surface area contributed by atoms with E-state index in [1.165, 1.54) is 11.9 Å². The van der Waals surface area contributed by atoms with E-state index in [2.05, 4.69) is 0 Å². The number of carbonyl (C=O) groups excluding carboxylic acids is 2. The first-order valence-electron chi connectivity index (χ1n) is 10.5. The number of likely N-dealkylation sites (N-methyl/N-ethyl adjacent to an activating group) is 1. The molecule has 7 nitrogen and oxygen atoms in total. The minimum Gasteiger partial charge on any atom is -0.493 e. The van der Waals surface area contributed by atoms with Crippen LogP contribution in [0.2, 0.25) is 0 Å². The van der Waals surface area contributed by atoms with E-state index >= 15 is 0 Å². The van der Waals surface area contributed by atoms with E-state index in [1.807, 2.05) is 0 Å². The lowest BCUT2D eigenvalue weighted by atomic mass is 10.0. The summed E-state index contributed by atoms with van der Waals surface area (Å²) < 4.78 is 89.7. The molecule has 0 bridgehead atoms. The highest BCUT2D eigenvalue weighted by Crippen LogP contribution is 2.39. The fraction of sp³-hybridized carbons (Fsp3) is 0.500. The van der Waals surface area contributed by atoms with Crippen molar-refractivity contribution in [2.45, 2.75) is 51.0 Å². The van der Waals surface area contributed by atoms with Crippen LogP contribution < -0.4 is 10.4 Å². The molecule has 1 aliphatic rings. The summed E-state index contributed by atoms with van der Waals surface area (Å²) in [5, 5.41) is -0.693. The maximum Gasteiger partial charge on any atom is 0.417 e. The normalized spacial score (nSPS) is 16.5. The van der Waals surface area contributed by atoms with Gasteiger partial charge in [-0.1, -0.05) is 0 Å². The molecule has 0 aliphatic carbocycles. The number of rotatable bonds is 7. The molecule has 1 aromatic carbocycles. The summed E-state index contributed by atoms with van der Waals surface area (Å²) in [7, 11) is 1.49. The third kappa shape index (κ3) is 5.38. The van der Waals surface area contributed by atoms with Crippen LogP contribution >= 0.6 is 0 Å². The summed E-state index contributed by atoms with van der Waals surface area (Å²) >= 11 is 0. The lowest BCUT2D eigenvalue weighted by Crippen LogP contribution is -2.41. The van der Waals surface area contributed by atoms with E-state index in [1.54, 1.807) is 13.8 Å². The Hall–Kier alpha value is -3.25. The monoisotopic (exact) mass is 508 g/mol. The van der Waals surface area contributed by atoms with Gasteiger partial charge in [0, 0.05) is 30.6 Å². The lowest BCUT2D eigenvalue weighted by molar-refractivity contribution is -0.136. The number of amides is 3. The van der Waals surface area contributed by atoms with Gasteiger partial charge in [0.25, 0.3) is 5.91 Å². The number of hydrogen-bond donors (Lipinski definition) is 0. The van der Waals surface area contributed by atoms with Gasteiger partial charge in [0.15, 0.2) is 0 Å². The van der Waals surface area contributed by atoms with Gasteiger partial charge in [0.2, 0.25) is 0 Å². The first kappa shape index (κ1) is 26.4. The van der Waals surface area contributed by atoms with Crippen LogP contribution in [0.15, 0.2) is 27.4 Å². The number of ether oxygens (including phenoxy) is 1. The summed E-state index contributed by atoms with van der Waals surface area (Å²) in [5.41, 5.74) is -5.43. The van der Waals surface area contributed by atoms with Crippen molar-refractivity contribution in [3.05, 3.63) is 39.7 Å². The van der Waals surface area contributed by atoms with Crippen molar-refractivity contribution in [2.24, 2.45) is 0 Å². The molecular formula is C22H22F6N2O5. The van der Waals surface area contributed by atoms with E-state index < -0.39 is 58.1 Å². The van der Waals surface area contributed by atoms with E-state index in [-0.39, 0.29) is 43.7 Å². The van der Waals surface area contributed by atoms with Gasteiger partial charge in [-0.3, -0.25) is 9.69 Å². The van der Waals surface area contributed by atoms with Crippen molar-refractivity contribution in [1.82, 2.24) is 9.80 Å². The number of urea groups is 1. The van der Waals surface area contributed by atoms with Crippen LogP contribution in [0.25, 0.3) is 11.0 Å². The summed E-state index contributed by atoms with van der Waals surface area (Å²) in [6, 6.07) is 1.55. The molecule has 1 aliphatic heterocycles. The fourth-order valence-electron chi connectivity index (χ4n) is 3.73. The molecule has 0 saturated carbocycles. The third-order valence-corrected chi connectivity index (χ3v) is 5.81. The molecule has 192 valence electrons. The molecule has 1 saturated heterocycles. The topological polar surface area (TPSA) is 80.1 Å². The van der Waals surface area contributed by atoms with Crippen LogP contribution in [-0.2, 0) is 17.4 Å². The summed E-state index contributed by atoms with van der Waals surface area (Å²) in [5.74, 6) is -0.769. The Morgan fingerprint density at radius 3 is 2.23 bits per heavy atom. The fourth-order valence-corrected chi connectivity index (χ4v) is 3.73. The van der Waals surface area contributed by atoms with Gasteiger partial charge in [-0.05, 0) is 38.8 Å². The average Bonchev–Trinajstić information content (AvgIpc) is 2.87. The highest BCUT2D eigenvalue weighted by molar-refractivity contribution is 6.06. The van der Waals surface area contributed by atoms with Crippen molar-refractivity contribution >= 4 is 22.9 Å². The average molecular weight is 508 g/mol. The summed E-state index contributed by atoms with van der Waals surface area (Å²) in [6.45, 7) is 3.10. The van der Waals surface area contributed by atoms with E-state index in [4.69, 9.17) is 9.15 Å². The highest BCUT2D eigenvalue weighted by Gasteiger charge is 2.48. The maximum atomic E-state index is 13.3. The number of unbranched alkanes of at least 4 members (excludes halogenated alkanes) is 1. The zero-order chi connectivity index (χ0) is 26.3. The second-order valence-electron chi connectivity index (χ2n) is 8.60. The molecular weight excluding hydrogens is 486 g/mol. The second-order valence-corrected chi connectivity index (χ2v) is 8.60. The van der Waals surface area contributed by atoms with Crippen LogP contribution in [0.5, 0.6) is 5.75 Å². The number of imide groups is 1. The highest BCUT2D eigenvalue weighted by atomic mass is 19.4. The largest absolute Gasteiger partial charge is 0.493 e. The van der Waals surface area contributed by atoms with E-state index in [9.17, 15) is 40.7 Å². The Bertz CT molecular complexity index is 1200. The number of fused-ring (bicyclic) bond motifs is 1. The molecule has 0 radical (unpaired) electrons. The number of carbonyl (C=O) groups is 2. The molecule has 0 atom stereocenters. The first-order chi connectivity index (χ1) is 16.0. The molecule has 0 spiro atoms. The van der Waals surface area contributed by atoms with Gasteiger partial charge in [-0.15, -0.1) is 0 Å². The van der Waals surface area contributed by atoms with Crippen molar-refractivity contribution in [1.29, 1.82) is 0 Å². The summed E-state index contributed by atoms with van der Waals surface area (Å²) in [4.78, 5) is 38.6. The molecule has 3 amide bonds. The number of hydrogen-bond acceptors (Lipinski definition) is 5.